The van der Waals surface area contributed by atoms with Crippen molar-refractivity contribution in [2.75, 3.05) is 13.7 Å². The van der Waals surface area contributed by atoms with Crippen LogP contribution in [0.4, 0.5) is 8.78 Å². The average Bonchev–Trinajstić information content (AvgIpc) is 2.28. The van der Waals surface area contributed by atoms with Gasteiger partial charge in [0, 0.05) is 12.1 Å². The molecule has 1 aromatic rings. The summed E-state index contributed by atoms with van der Waals surface area (Å²) in [6.45, 7) is -0.173. The minimum atomic E-state index is -0.669. The first-order valence-electron chi connectivity index (χ1n) is 4.46. The summed E-state index contributed by atoms with van der Waals surface area (Å²) in [6.07, 6.45) is 0. The third kappa shape index (κ3) is 3.24. The Kier molecular flexibility index (Phi) is 4.82. The molecule has 16 heavy (non-hydrogen) atoms. The van der Waals surface area contributed by atoms with E-state index >= 15 is 0 Å². The largest absolute Gasteiger partial charge is 0.468 e. The molecule has 0 aliphatic heterocycles. The van der Waals surface area contributed by atoms with Crippen LogP contribution >= 0.6 is 15.9 Å². The van der Waals surface area contributed by atoms with Crippen molar-refractivity contribution in [3.05, 3.63) is 33.8 Å². The number of carbonyl (C=O) groups is 1. The first-order valence-corrected chi connectivity index (χ1v) is 5.25. The highest BCUT2D eigenvalue weighted by molar-refractivity contribution is 9.10. The van der Waals surface area contributed by atoms with Gasteiger partial charge in [-0.3, -0.25) is 4.79 Å². The van der Waals surface area contributed by atoms with Crippen molar-refractivity contribution in [1.29, 1.82) is 0 Å². The Balaban J connectivity index is 2.67. The van der Waals surface area contributed by atoms with Gasteiger partial charge < -0.3 is 10.1 Å². The third-order valence-electron chi connectivity index (χ3n) is 1.94. The fourth-order valence-electron chi connectivity index (χ4n) is 1.09. The number of halogens is 3. The normalized spacial score (nSPS) is 10.2. The van der Waals surface area contributed by atoms with Gasteiger partial charge in [-0.15, -0.1) is 0 Å². The van der Waals surface area contributed by atoms with E-state index in [4.69, 9.17) is 0 Å². The lowest BCUT2D eigenvalue weighted by atomic mass is 10.2. The molecule has 0 amide bonds. The molecule has 3 nitrogen and oxygen atoms in total. The standard InChI is InChI=1S/C10H10BrF2NO2/c1-16-9(15)5-14-4-6-8(12)3-2-7(11)10(6)13/h2-3,14H,4-5H2,1H3. The Labute approximate surface area is 99.9 Å². The number of esters is 1. The quantitative estimate of drug-likeness (QED) is 0.682. The predicted octanol–water partition coefficient (Wildman–Crippen LogP) is 1.99. The highest BCUT2D eigenvalue weighted by atomic mass is 79.9. The summed E-state index contributed by atoms with van der Waals surface area (Å²) in [6, 6.07) is 2.44. The van der Waals surface area contributed by atoms with Gasteiger partial charge in [0.25, 0.3) is 0 Å². The first kappa shape index (κ1) is 13.1. The van der Waals surface area contributed by atoms with Crippen LogP contribution in [-0.2, 0) is 16.1 Å². The second-order valence-corrected chi connectivity index (χ2v) is 3.86. The Morgan fingerprint density at radius 2 is 2.19 bits per heavy atom. The molecular formula is C10H10BrF2NO2. The van der Waals surface area contributed by atoms with Crippen LogP contribution < -0.4 is 5.32 Å². The number of methoxy groups -OCH3 is 1. The molecule has 1 aromatic carbocycles. The molecule has 1 rings (SSSR count). The van der Waals surface area contributed by atoms with Crippen molar-refractivity contribution in [1.82, 2.24) is 5.32 Å². The molecular weight excluding hydrogens is 284 g/mol. The van der Waals surface area contributed by atoms with E-state index in [0.717, 1.165) is 6.07 Å². The van der Waals surface area contributed by atoms with Crippen LogP contribution in [0, 0.1) is 11.6 Å². The number of benzene rings is 1. The number of carbonyl (C=O) groups excluding carboxylic acids is 1. The molecule has 6 heteroatoms. The molecule has 88 valence electrons. The van der Waals surface area contributed by atoms with E-state index < -0.39 is 17.6 Å². The lowest BCUT2D eigenvalue weighted by Gasteiger charge is -2.07. The van der Waals surface area contributed by atoms with Crippen molar-refractivity contribution < 1.29 is 18.3 Å². The van der Waals surface area contributed by atoms with Gasteiger partial charge in [-0.1, -0.05) is 0 Å². The van der Waals surface area contributed by atoms with Crippen molar-refractivity contribution >= 4 is 21.9 Å². The maximum absolute atomic E-state index is 13.4. The highest BCUT2D eigenvalue weighted by Gasteiger charge is 2.12. The zero-order chi connectivity index (χ0) is 12.1. The van der Waals surface area contributed by atoms with Gasteiger partial charge in [-0.05, 0) is 28.1 Å². The maximum atomic E-state index is 13.4. The van der Waals surface area contributed by atoms with Crippen molar-refractivity contribution in [3.8, 4) is 0 Å². The van der Waals surface area contributed by atoms with E-state index in [2.05, 4.69) is 26.0 Å². The van der Waals surface area contributed by atoms with Crippen molar-refractivity contribution in [3.63, 3.8) is 0 Å². The summed E-state index contributed by atoms with van der Waals surface area (Å²) in [7, 11) is 1.24. The van der Waals surface area contributed by atoms with E-state index in [1.165, 1.54) is 13.2 Å². The number of hydrogen-bond donors (Lipinski definition) is 1. The minimum Gasteiger partial charge on any atom is -0.468 e. The van der Waals surface area contributed by atoms with Gasteiger partial charge in [-0.2, -0.15) is 0 Å². The number of hydrogen-bond acceptors (Lipinski definition) is 3. The van der Waals surface area contributed by atoms with E-state index in [1.807, 2.05) is 0 Å². The Morgan fingerprint density at radius 3 is 2.81 bits per heavy atom. The lowest BCUT2D eigenvalue weighted by molar-refractivity contribution is -0.139. The molecule has 0 aliphatic rings. The van der Waals surface area contributed by atoms with Gasteiger partial charge in [-0.25, -0.2) is 8.78 Å². The molecule has 0 aromatic heterocycles. The van der Waals surface area contributed by atoms with Crippen molar-refractivity contribution in [2.45, 2.75) is 6.54 Å². The van der Waals surface area contributed by atoms with Gasteiger partial charge in [0.1, 0.15) is 11.6 Å². The topological polar surface area (TPSA) is 38.3 Å². The summed E-state index contributed by atoms with van der Waals surface area (Å²) >= 11 is 2.95. The van der Waals surface area contributed by atoms with E-state index in [1.54, 1.807) is 0 Å². The molecule has 0 unspecified atom stereocenters. The second kappa shape index (κ2) is 5.91. The van der Waals surface area contributed by atoms with Gasteiger partial charge in [0.05, 0.1) is 18.1 Å². The van der Waals surface area contributed by atoms with Crippen LogP contribution in [0.5, 0.6) is 0 Å². The molecule has 0 fully saturated rings. The SMILES string of the molecule is COC(=O)CNCc1c(F)ccc(Br)c1F. The molecule has 0 heterocycles. The van der Waals surface area contributed by atoms with Gasteiger partial charge in [0.2, 0.25) is 0 Å². The zero-order valence-electron chi connectivity index (χ0n) is 8.52. The minimum absolute atomic E-state index is 0.0772. The summed E-state index contributed by atoms with van der Waals surface area (Å²) in [4.78, 5) is 10.8. The number of rotatable bonds is 4. The van der Waals surface area contributed by atoms with Crippen LogP contribution in [0.25, 0.3) is 0 Å². The Hall–Kier alpha value is -1.01. The van der Waals surface area contributed by atoms with E-state index in [9.17, 15) is 13.6 Å². The summed E-state index contributed by atoms with van der Waals surface area (Å²) in [5.74, 6) is -1.81. The molecule has 0 aliphatic carbocycles. The van der Waals surface area contributed by atoms with Gasteiger partial charge in [0.15, 0.2) is 0 Å². The molecule has 1 N–H and O–H groups in total. The van der Waals surface area contributed by atoms with E-state index in [0.29, 0.717) is 0 Å². The van der Waals surface area contributed by atoms with Crippen LogP contribution in [-0.4, -0.2) is 19.6 Å². The van der Waals surface area contributed by atoms with Crippen molar-refractivity contribution in [2.24, 2.45) is 0 Å². The maximum Gasteiger partial charge on any atom is 0.319 e. The van der Waals surface area contributed by atoms with Crippen LogP contribution in [0.2, 0.25) is 0 Å². The Bertz CT molecular complexity index is 399. The molecule has 0 spiro atoms. The smallest absolute Gasteiger partial charge is 0.319 e. The van der Waals surface area contributed by atoms with Crippen LogP contribution in [0.15, 0.2) is 16.6 Å². The molecule has 0 bridgehead atoms. The fraction of sp³-hybridized carbons (Fsp3) is 0.300. The van der Waals surface area contributed by atoms with E-state index in [-0.39, 0.29) is 23.1 Å². The molecule has 0 saturated carbocycles. The monoisotopic (exact) mass is 293 g/mol. The average molecular weight is 294 g/mol. The van der Waals surface area contributed by atoms with Crippen LogP contribution in [0.1, 0.15) is 5.56 Å². The highest BCUT2D eigenvalue weighted by Crippen LogP contribution is 2.21. The zero-order valence-corrected chi connectivity index (χ0v) is 10.1. The summed E-state index contributed by atoms with van der Waals surface area (Å²) in [5, 5.41) is 2.59. The molecule has 0 radical (unpaired) electrons. The third-order valence-corrected chi connectivity index (χ3v) is 2.55. The second-order valence-electron chi connectivity index (χ2n) is 3.00. The number of nitrogens with one attached hydrogen (secondary N) is 1. The summed E-state index contributed by atoms with van der Waals surface area (Å²) < 4.78 is 31.2. The van der Waals surface area contributed by atoms with Crippen LogP contribution in [0.3, 0.4) is 0 Å². The first-order chi connectivity index (χ1) is 7.56. The molecule has 0 atom stereocenters. The van der Waals surface area contributed by atoms with Gasteiger partial charge >= 0.3 is 5.97 Å². The predicted molar refractivity (Wildman–Crippen MR) is 57.8 cm³/mol. The lowest BCUT2D eigenvalue weighted by Crippen LogP contribution is -2.24. The summed E-state index contributed by atoms with van der Waals surface area (Å²) in [5.41, 5.74) is -0.113. The molecule has 0 saturated heterocycles. The fourth-order valence-corrected chi connectivity index (χ4v) is 1.46. The Morgan fingerprint density at radius 1 is 1.50 bits per heavy atom. The number of ether oxygens (including phenoxy) is 1.